The fourth-order valence-corrected chi connectivity index (χ4v) is 4.89. The quantitative estimate of drug-likeness (QED) is 0.702. The third-order valence-electron chi connectivity index (χ3n) is 6.70. The highest BCUT2D eigenvalue weighted by atomic mass is 19.1. The number of hydrogen-bond donors (Lipinski definition) is 1. The van der Waals surface area contributed by atoms with Crippen LogP contribution in [0, 0.1) is 18.7 Å². The highest BCUT2D eigenvalue weighted by Gasteiger charge is 2.34. The van der Waals surface area contributed by atoms with Gasteiger partial charge in [-0.3, -0.25) is 9.59 Å². The number of carbonyl (C=O) groups excluding carboxylic acids is 2. The summed E-state index contributed by atoms with van der Waals surface area (Å²) in [6.07, 6.45) is 2.48. The van der Waals surface area contributed by atoms with E-state index in [1.807, 2.05) is 13.0 Å². The molecule has 5 rings (SSSR count). The van der Waals surface area contributed by atoms with Crippen molar-refractivity contribution in [3.8, 4) is 0 Å². The highest BCUT2D eigenvalue weighted by Crippen LogP contribution is 2.41. The van der Waals surface area contributed by atoms with Gasteiger partial charge >= 0.3 is 0 Å². The smallest absolute Gasteiger partial charge is 0.272 e. The summed E-state index contributed by atoms with van der Waals surface area (Å²) in [5.74, 6) is -0.716. The number of halogens is 1. The van der Waals surface area contributed by atoms with Crippen LogP contribution in [0.5, 0.6) is 0 Å². The van der Waals surface area contributed by atoms with Gasteiger partial charge in [0.2, 0.25) is 0 Å². The molecule has 0 aromatic heterocycles. The van der Waals surface area contributed by atoms with Crippen LogP contribution in [-0.2, 0) is 16.0 Å². The first-order valence-corrected chi connectivity index (χ1v) is 11.2. The molecule has 1 saturated heterocycles. The Kier molecular flexibility index (Phi) is 5.29. The van der Waals surface area contributed by atoms with Crippen LogP contribution in [0.1, 0.15) is 34.3 Å². The number of nitrogens with one attached hydrogen (secondary N) is 1. The average molecular weight is 448 g/mol. The molecule has 6 nitrogen and oxygen atoms in total. The summed E-state index contributed by atoms with van der Waals surface area (Å²) >= 11 is 0. The minimum Gasteiger partial charge on any atom is -0.381 e. The Balaban J connectivity index is 1.50. The second kappa shape index (κ2) is 8.15. The molecule has 3 aliphatic heterocycles. The number of hydrogen-bond acceptors (Lipinski definition) is 4. The van der Waals surface area contributed by atoms with E-state index in [0.717, 1.165) is 47.6 Å². The maximum Gasteiger partial charge on any atom is 0.272 e. The summed E-state index contributed by atoms with van der Waals surface area (Å²) < 4.78 is 19.2. The van der Waals surface area contributed by atoms with Gasteiger partial charge < -0.3 is 19.9 Å². The average Bonchev–Trinajstić information content (AvgIpc) is 3.23. The lowest BCUT2D eigenvalue weighted by Gasteiger charge is -2.38. The van der Waals surface area contributed by atoms with Crippen molar-refractivity contribution < 1.29 is 18.7 Å². The molecule has 0 saturated carbocycles. The molecule has 33 heavy (non-hydrogen) atoms. The zero-order valence-electron chi connectivity index (χ0n) is 18.6. The molecular formula is C26H26FN3O3. The van der Waals surface area contributed by atoms with E-state index in [4.69, 9.17) is 4.74 Å². The predicted octanol–water partition coefficient (Wildman–Crippen LogP) is 4.55. The number of aryl methyl sites for hydroxylation is 1. The number of benzene rings is 2. The van der Waals surface area contributed by atoms with Crippen molar-refractivity contribution in [2.45, 2.75) is 26.2 Å². The summed E-state index contributed by atoms with van der Waals surface area (Å²) in [6, 6.07) is 8.11. The van der Waals surface area contributed by atoms with Crippen molar-refractivity contribution in [2.75, 3.05) is 34.9 Å². The molecular weight excluding hydrogens is 421 g/mol. The Hall–Kier alpha value is -3.45. The second-order valence-electron chi connectivity index (χ2n) is 8.81. The van der Waals surface area contributed by atoms with Crippen LogP contribution in [-0.4, -0.2) is 31.6 Å². The molecule has 170 valence electrons. The summed E-state index contributed by atoms with van der Waals surface area (Å²) in [6.45, 7) is 11.9. The zero-order valence-corrected chi connectivity index (χ0v) is 18.6. The second-order valence-corrected chi connectivity index (χ2v) is 8.81. The van der Waals surface area contributed by atoms with Crippen molar-refractivity contribution in [1.29, 1.82) is 0 Å². The number of ether oxygens (including phenoxy) is 1. The zero-order chi connectivity index (χ0) is 23.3. The van der Waals surface area contributed by atoms with Crippen molar-refractivity contribution in [3.05, 3.63) is 77.4 Å². The monoisotopic (exact) mass is 447 g/mol. The normalized spacial score (nSPS) is 19.8. The molecule has 3 aliphatic rings. The molecule has 1 fully saturated rings. The van der Waals surface area contributed by atoms with E-state index in [1.165, 1.54) is 12.1 Å². The molecule has 2 aromatic rings. The maximum absolute atomic E-state index is 13.6. The van der Waals surface area contributed by atoms with Gasteiger partial charge in [0, 0.05) is 36.0 Å². The first-order valence-electron chi connectivity index (χ1n) is 11.2. The first kappa shape index (κ1) is 21.4. The van der Waals surface area contributed by atoms with E-state index in [1.54, 1.807) is 21.9 Å². The lowest BCUT2D eigenvalue weighted by molar-refractivity contribution is -0.113. The largest absolute Gasteiger partial charge is 0.381 e. The Bertz CT molecular complexity index is 1200. The lowest BCUT2D eigenvalue weighted by atomic mass is 9.95. The SMILES string of the molecule is C=C1C(=O)Nc2cc(C(=O)N3CCc4cc(F)ccc43)c(C)cc2N1C(=C)C1CCCOC1. The number of nitrogens with zero attached hydrogens (tertiary/aromatic N) is 2. The molecule has 2 amide bonds. The number of fused-ring (bicyclic) bond motifs is 2. The third-order valence-corrected chi connectivity index (χ3v) is 6.70. The predicted molar refractivity (Wildman–Crippen MR) is 126 cm³/mol. The molecule has 1 atom stereocenters. The van der Waals surface area contributed by atoms with Gasteiger partial charge in [0.15, 0.2) is 0 Å². The van der Waals surface area contributed by atoms with Crippen molar-refractivity contribution in [2.24, 2.45) is 5.92 Å². The molecule has 0 radical (unpaired) electrons. The van der Waals surface area contributed by atoms with E-state index in [2.05, 4.69) is 18.5 Å². The van der Waals surface area contributed by atoms with E-state index < -0.39 is 0 Å². The van der Waals surface area contributed by atoms with Crippen LogP contribution >= 0.6 is 0 Å². The molecule has 0 spiro atoms. The highest BCUT2D eigenvalue weighted by molar-refractivity contribution is 6.15. The summed E-state index contributed by atoms with van der Waals surface area (Å²) in [4.78, 5) is 29.6. The van der Waals surface area contributed by atoms with Crippen LogP contribution < -0.4 is 15.1 Å². The Morgan fingerprint density at radius 2 is 2.06 bits per heavy atom. The van der Waals surface area contributed by atoms with Gasteiger partial charge in [0.25, 0.3) is 11.8 Å². The molecule has 1 N–H and O–H groups in total. The number of rotatable bonds is 3. The summed E-state index contributed by atoms with van der Waals surface area (Å²) in [7, 11) is 0. The Morgan fingerprint density at radius 3 is 2.82 bits per heavy atom. The van der Waals surface area contributed by atoms with Gasteiger partial charge in [0.05, 0.1) is 18.0 Å². The number of amides is 2. The number of carbonyl (C=O) groups is 2. The molecule has 0 aliphatic carbocycles. The van der Waals surface area contributed by atoms with Gasteiger partial charge in [-0.15, -0.1) is 0 Å². The van der Waals surface area contributed by atoms with Crippen LogP contribution in [0.15, 0.2) is 54.9 Å². The summed E-state index contributed by atoms with van der Waals surface area (Å²) in [5, 5.41) is 2.86. The van der Waals surface area contributed by atoms with Gasteiger partial charge in [-0.25, -0.2) is 4.39 Å². The van der Waals surface area contributed by atoms with Crippen LogP contribution in [0.25, 0.3) is 0 Å². The van der Waals surface area contributed by atoms with E-state index in [9.17, 15) is 14.0 Å². The van der Waals surface area contributed by atoms with Crippen molar-refractivity contribution in [1.82, 2.24) is 0 Å². The topological polar surface area (TPSA) is 61.9 Å². The summed E-state index contributed by atoms with van der Waals surface area (Å²) in [5.41, 5.74) is 5.16. The molecule has 7 heteroatoms. The molecule has 1 unspecified atom stereocenters. The standard InChI is InChI=1S/C26H26FN3O3/c1-15-11-24-22(28-25(31)17(3)30(24)16(2)19-5-4-10-33-14-19)13-21(15)26(32)29-9-8-18-12-20(27)6-7-23(18)29/h6-7,11-13,19H,2-5,8-10,14H2,1H3,(H,28,31). The van der Waals surface area contributed by atoms with Crippen LogP contribution in [0.3, 0.4) is 0 Å². The maximum atomic E-state index is 13.6. The molecule has 2 aromatic carbocycles. The van der Waals surface area contributed by atoms with Gasteiger partial charge in [-0.1, -0.05) is 13.2 Å². The van der Waals surface area contributed by atoms with Crippen molar-refractivity contribution >= 4 is 28.9 Å². The van der Waals surface area contributed by atoms with E-state index in [-0.39, 0.29) is 23.5 Å². The minimum absolute atomic E-state index is 0.0948. The Labute approximate surface area is 192 Å². The van der Waals surface area contributed by atoms with E-state index in [0.29, 0.717) is 36.5 Å². The lowest BCUT2D eigenvalue weighted by Crippen LogP contribution is -2.38. The van der Waals surface area contributed by atoms with E-state index >= 15 is 0 Å². The van der Waals surface area contributed by atoms with Gasteiger partial charge in [-0.05, 0) is 67.6 Å². The third kappa shape index (κ3) is 3.62. The van der Waals surface area contributed by atoms with Gasteiger partial charge in [0.1, 0.15) is 11.5 Å². The van der Waals surface area contributed by atoms with Gasteiger partial charge in [-0.2, -0.15) is 0 Å². The van der Waals surface area contributed by atoms with Crippen molar-refractivity contribution in [3.63, 3.8) is 0 Å². The Morgan fingerprint density at radius 1 is 1.24 bits per heavy atom. The fourth-order valence-electron chi connectivity index (χ4n) is 4.89. The molecule has 0 bridgehead atoms. The minimum atomic E-state index is -0.329. The molecule has 3 heterocycles. The first-order chi connectivity index (χ1) is 15.8. The number of anilines is 3. The van der Waals surface area contributed by atoms with Crippen LogP contribution in [0.2, 0.25) is 0 Å². The fraction of sp³-hybridized carbons (Fsp3) is 0.308. The van der Waals surface area contributed by atoms with Crippen LogP contribution in [0.4, 0.5) is 21.5 Å².